The van der Waals surface area contributed by atoms with E-state index in [2.05, 4.69) is 5.32 Å². The highest BCUT2D eigenvalue weighted by Gasteiger charge is 2.35. The molecule has 0 saturated heterocycles. The second-order valence-corrected chi connectivity index (χ2v) is 7.40. The molecule has 1 saturated carbocycles. The lowest BCUT2D eigenvalue weighted by Crippen LogP contribution is -2.42. The number of aliphatic hydroxyl groups excluding tert-OH is 1. The summed E-state index contributed by atoms with van der Waals surface area (Å²) in [7, 11) is 0. The summed E-state index contributed by atoms with van der Waals surface area (Å²) in [6.45, 7) is 4.25. The molecule has 1 aliphatic carbocycles. The molecular weight excluding hydrogens is 330 g/mol. The fourth-order valence-corrected chi connectivity index (χ4v) is 2.89. The highest BCUT2D eigenvalue weighted by molar-refractivity contribution is 5.76. The van der Waals surface area contributed by atoms with E-state index < -0.39 is 35.2 Å². The number of carbonyl (C=O) groups excluding carboxylic acids is 2. The maximum Gasteiger partial charge on any atom is 0.410 e. The van der Waals surface area contributed by atoms with E-state index in [1.54, 1.807) is 0 Å². The van der Waals surface area contributed by atoms with Crippen molar-refractivity contribution >= 4 is 18.0 Å². The summed E-state index contributed by atoms with van der Waals surface area (Å²) in [5.74, 6) is -1.56. The Morgan fingerprint density at radius 2 is 1.76 bits per heavy atom. The van der Waals surface area contributed by atoms with Crippen LogP contribution in [0.2, 0.25) is 0 Å². The molecule has 1 atom stereocenters. The van der Waals surface area contributed by atoms with Crippen molar-refractivity contribution < 1.29 is 34.1 Å². The summed E-state index contributed by atoms with van der Waals surface area (Å²) in [5.41, 5.74) is -1.54. The number of amides is 1. The fraction of sp³-hybridized carbons (Fsp3) is 0.824. The maximum absolute atomic E-state index is 11.9. The van der Waals surface area contributed by atoms with Gasteiger partial charge in [-0.1, -0.05) is 19.3 Å². The summed E-state index contributed by atoms with van der Waals surface area (Å²) in [5, 5.41) is 20.8. The van der Waals surface area contributed by atoms with Gasteiger partial charge in [-0.15, -0.1) is 0 Å². The molecule has 3 N–H and O–H groups in total. The molecule has 1 aliphatic rings. The van der Waals surface area contributed by atoms with Crippen molar-refractivity contribution in [2.75, 3.05) is 13.2 Å². The fourth-order valence-electron chi connectivity index (χ4n) is 2.89. The molecule has 8 heteroatoms. The zero-order valence-corrected chi connectivity index (χ0v) is 15.2. The molecule has 0 aromatic rings. The third-order valence-corrected chi connectivity index (χ3v) is 4.54. The van der Waals surface area contributed by atoms with Gasteiger partial charge in [0.15, 0.2) is 0 Å². The van der Waals surface area contributed by atoms with Crippen molar-refractivity contribution in [1.82, 2.24) is 5.32 Å². The highest BCUT2D eigenvalue weighted by Crippen LogP contribution is 2.38. The van der Waals surface area contributed by atoms with Crippen molar-refractivity contribution in [2.24, 2.45) is 10.8 Å². The first-order chi connectivity index (χ1) is 11.6. The molecule has 0 radical (unpaired) electrons. The van der Waals surface area contributed by atoms with Gasteiger partial charge in [0, 0.05) is 13.5 Å². The highest BCUT2D eigenvalue weighted by atomic mass is 16.7. The van der Waals surface area contributed by atoms with E-state index in [1.165, 1.54) is 20.8 Å². The second kappa shape index (κ2) is 9.03. The average Bonchev–Trinajstić information content (AvgIpc) is 2.53. The molecule has 1 amide bonds. The summed E-state index contributed by atoms with van der Waals surface area (Å²) >= 11 is 0. The Bertz CT molecular complexity index is 483. The molecule has 0 bridgehead atoms. The quantitative estimate of drug-likeness (QED) is 0.448. The smallest absolute Gasteiger partial charge is 0.410 e. The molecule has 1 rings (SSSR count). The molecule has 1 unspecified atom stereocenters. The van der Waals surface area contributed by atoms with Gasteiger partial charge < -0.3 is 25.0 Å². The van der Waals surface area contributed by atoms with Gasteiger partial charge in [-0.3, -0.25) is 9.59 Å². The number of rotatable bonds is 8. The van der Waals surface area contributed by atoms with Crippen LogP contribution in [0.25, 0.3) is 0 Å². The number of hydrogen-bond acceptors (Lipinski definition) is 6. The van der Waals surface area contributed by atoms with Crippen LogP contribution in [-0.4, -0.2) is 47.7 Å². The minimum Gasteiger partial charge on any atom is -0.481 e. The molecule has 144 valence electrons. The van der Waals surface area contributed by atoms with E-state index in [0.29, 0.717) is 0 Å². The Kier molecular flexibility index (Phi) is 7.66. The van der Waals surface area contributed by atoms with Gasteiger partial charge in [-0.25, -0.2) is 4.79 Å². The van der Waals surface area contributed by atoms with Crippen molar-refractivity contribution in [3.05, 3.63) is 0 Å². The van der Waals surface area contributed by atoms with Crippen molar-refractivity contribution in [2.45, 2.75) is 65.6 Å². The lowest BCUT2D eigenvalue weighted by atomic mass is 9.72. The molecule has 0 aromatic heterocycles. The lowest BCUT2D eigenvalue weighted by Gasteiger charge is -2.36. The van der Waals surface area contributed by atoms with Crippen LogP contribution >= 0.6 is 0 Å². The largest absolute Gasteiger partial charge is 0.481 e. The Morgan fingerprint density at radius 3 is 2.28 bits per heavy atom. The van der Waals surface area contributed by atoms with Crippen LogP contribution in [0.3, 0.4) is 0 Å². The first-order valence-corrected chi connectivity index (χ1v) is 8.58. The van der Waals surface area contributed by atoms with Crippen LogP contribution in [-0.2, 0) is 19.1 Å². The van der Waals surface area contributed by atoms with E-state index in [0.717, 1.165) is 32.1 Å². The van der Waals surface area contributed by atoms with Crippen LogP contribution in [0.15, 0.2) is 0 Å². The topological polar surface area (TPSA) is 122 Å². The van der Waals surface area contributed by atoms with E-state index in [-0.39, 0.29) is 19.6 Å². The number of hydrogen-bond donors (Lipinski definition) is 3. The number of aliphatic carboxylic acids is 1. The van der Waals surface area contributed by atoms with Crippen molar-refractivity contribution in [3.8, 4) is 0 Å². The molecule has 0 aromatic carbocycles. The number of carboxylic acids is 1. The number of alkyl carbamates (subject to hydrolysis) is 1. The van der Waals surface area contributed by atoms with E-state index >= 15 is 0 Å². The Labute approximate surface area is 147 Å². The van der Waals surface area contributed by atoms with E-state index in [9.17, 15) is 14.4 Å². The van der Waals surface area contributed by atoms with Crippen molar-refractivity contribution in [1.29, 1.82) is 0 Å². The lowest BCUT2D eigenvalue weighted by molar-refractivity contribution is -0.177. The number of carboxylic acid groups (broad SMARTS) is 1. The second-order valence-electron chi connectivity index (χ2n) is 7.40. The number of nitrogens with one attached hydrogen (secondary N) is 1. The molecule has 8 nitrogen and oxygen atoms in total. The van der Waals surface area contributed by atoms with E-state index in [4.69, 9.17) is 19.7 Å². The Morgan fingerprint density at radius 1 is 1.16 bits per heavy atom. The minimum atomic E-state index is -1.11. The van der Waals surface area contributed by atoms with Gasteiger partial charge in [0.25, 0.3) is 0 Å². The molecular formula is C17H29NO7. The predicted octanol–water partition coefficient (Wildman–Crippen LogP) is 2.05. The summed E-state index contributed by atoms with van der Waals surface area (Å²) in [4.78, 5) is 34.8. The average molecular weight is 359 g/mol. The summed E-state index contributed by atoms with van der Waals surface area (Å²) < 4.78 is 9.96. The van der Waals surface area contributed by atoms with Crippen LogP contribution < -0.4 is 5.32 Å². The summed E-state index contributed by atoms with van der Waals surface area (Å²) in [6.07, 6.45) is 2.56. The standard InChI is InChI=1S/C17H29NO7/c1-12(24-14(22)16(2,3)11-19)25-15(23)18-10-17(9-13(20)21)7-5-4-6-8-17/h12,19H,4-11H2,1-3H3,(H,18,23)(H,20,21). The first kappa shape index (κ1) is 21.2. The number of ether oxygens (including phenoxy) is 2. The predicted molar refractivity (Wildman–Crippen MR) is 88.7 cm³/mol. The third-order valence-electron chi connectivity index (χ3n) is 4.54. The van der Waals surface area contributed by atoms with Gasteiger partial charge in [-0.05, 0) is 32.1 Å². The number of carbonyl (C=O) groups is 3. The number of esters is 1. The monoisotopic (exact) mass is 359 g/mol. The van der Waals surface area contributed by atoms with Crippen molar-refractivity contribution in [3.63, 3.8) is 0 Å². The zero-order valence-electron chi connectivity index (χ0n) is 15.2. The Hall–Kier alpha value is -1.83. The normalized spacial score (nSPS) is 18.1. The van der Waals surface area contributed by atoms with Gasteiger partial charge in [0.1, 0.15) is 0 Å². The first-order valence-electron chi connectivity index (χ1n) is 8.58. The SMILES string of the molecule is CC(OC(=O)NCC1(CC(=O)O)CCCCC1)OC(=O)C(C)(C)CO. The molecule has 0 heterocycles. The van der Waals surface area contributed by atoms with Gasteiger partial charge in [0.05, 0.1) is 18.4 Å². The van der Waals surface area contributed by atoms with Gasteiger partial charge in [-0.2, -0.15) is 0 Å². The third kappa shape index (κ3) is 6.89. The summed E-state index contributed by atoms with van der Waals surface area (Å²) in [6, 6.07) is 0. The van der Waals surface area contributed by atoms with Gasteiger partial charge in [0.2, 0.25) is 6.29 Å². The zero-order chi connectivity index (χ0) is 19.1. The van der Waals surface area contributed by atoms with Crippen LogP contribution in [0.4, 0.5) is 4.79 Å². The molecule has 0 spiro atoms. The van der Waals surface area contributed by atoms with Gasteiger partial charge >= 0.3 is 18.0 Å². The molecule has 1 fully saturated rings. The van der Waals surface area contributed by atoms with E-state index in [1.807, 2.05) is 0 Å². The van der Waals surface area contributed by atoms with Crippen LogP contribution in [0, 0.1) is 10.8 Å². The number of aliphatic hydroxyl groups is 1. The van der Waals surface area contributed by atoms with Crippen LogP contribution in [0.1, 0.15) is 59.3 Å². The Balaban J connectivity index is 2.49. The molecule has 0 aliphatic heterocycles. The maximum atomic E-state index is 11.9. The minimum absolute atomic E-state index is 0.00249. The van der Waals surface area contributed by atoms with Crippen LogP contribution in [0.5, 0.6) is 0 Å². The molecule has 25 heavy (non-hydrogen) atoms.